The number of rotatable bonds is 4. The average Bonchev–Trinajstić information content (AvgIpc) is 3.26. The van der Waals surface area contributed by atoms with Gasteiger partial charge in [0, 0.05) is 30.5 Å². The Labute approximate surface area is 177 Å². The number of anilines is 1. The third-order valence-electron chi connectivity index (χ3n) is 4.82. The summed E-state index contributed by atoms with van der Waals surface area (Å²) in [6, 6.07) is 5.41. The molecule has 0 radical (unpaired) electrons. The Balaban J connectivity index is 1.52. The second-order valence-corrected chi connectivity index (χ2v) is 7.68. The van der Waals surface area contributed by atoms with Gasteiger partial charge in [-0.2, -0.15) is 5.10 Å². The smallest absolute Gasteiger partial charge is 0.325 e. The maximum absolute atomic E-state index is 12.3. The first-order valence-corrected chi connectivity index (χ1v) is 9.60. The highest BCUT2D eigenvalue weighted by molar-refractivity contribution is 9.10. The third kappa shape index (κ3) is 3.24. The van der Waals surface area contributed by atoms with Crippen molar-refractivity contribution in [3.05, 3.63) is 55.4 Å². The number of amides is 2. The van der Waals surface area contributed by atoms with Crippen LogP contribution in [-0.2, 0) is 30.2 Å². The summed E-state index contributed by atoms with van der Waals surface area (Å²) in [7, 11) is 2.85. The zero-order valence-corrected chi connectivity index (χ0v) is 17.5. The van der Waals surface area contributed by atoms with Gasteiger partial charge in [-0.1, -0.05) is 15.9 Å². The van der Waals surface area contributed by atoms with Crippen molar-refractivity contribution in [1.82, 2.24) is 24.1 Å². The fourth-order valence-corrected chi connectivity index (χ4v) is 3.71. The molecule has 154 valence electrons. The van der Waals surface area contributed by atoms with Gasteiger partial charge in [-0.25, -0.2) is 15.2 Å². The van der Waals surface area contributed by atoms with Crippen LogP contribution in [0.4, 0.5) is 5.69 Å². The molecule has 1 atom stereocenters. The standard InChI is InChI=1S/C18H16BrN7O4/c1-24-16-14(17(29)25(2)18(24)30)20-8-26(16)7-13(27)23-21-6-11-10-5-9(19)3-4-12(10)22-15(11)28/h3-6,8,11H,7H2,1-2H3,(H,22,28)(H,23,27)/b21-6-/t11-/m0/s1. The van der Waals surface area contributed by atoms with Crippen LogP contribution in [0.3, 0.4) is 0 Å². The zero-order valence-electron chi connectivity index (χ0n) is 15.9. The molecule has 2 N–H and O–H groups in total. The molecule has 0 spiro atoms. The van der Waals surface area contributed by atoms with Gasteiger partial charge in [0.2, 0.25) is 5.91 Å². The van der Waals surface area contributed by atoms with Crippen LogP contribution in [0.5, 0.6) is 0 Å². The van der Waals surface area contributed by atoms with E-state index in [0.717, 1.165) is 14.6 Å². The van der Waals surface area contributed by atoms with Crippen LogP contribution in [-0.4, -0.2) is 36.7 Å². The Bertz CT molecular complexity index is 1350. The summed E-state index contributed by atoms with van der Waals surface area (Å²) in [5.41, 5.74) is 3.05. The van der Waals surface area contributed by atoms with Gasteiger partial charge >= 0.3 is 5.69 Å². The predicted octanol–water partition coefficient (Wildman–Crippen LogP) is 0.0341. The van der Waals surface area contributed by atoms with Gasteiger partial charge in [0.25, 0.3) is 11.5 Å². The third-order valence-corrected chi connectivity index (χ3v) is 5.32. The molecule has 0 bridgehead atoms. The van der Waals surface area contributed by atoms with E-state index in [0.29, 0.717) is 5.69 Å². The Morgan fingerprint density at radius 1 is 1.30 bits per heavy atom. The number of aromatic nitrogens is 4. The number of halogens is 1. The number of hydrogen-bond acceptors (Lipinski definition) is 6. The first-order chi connectivity index (χ1) is 14.3. The minimum atomic E-state index is -0.629. The molecule has 3 aromatic rings. The summed E-state index contributed by atoms with van der Waals surface area (Å²) in [5, 5.41) is 6.65. The van der Waals surface area contributed by atoms with Crippen molar-refractivity contribution in [1.29, 1.82) is 0 Å². The number of carbonyl (C=O) groups is 2. The van der Waals surface area contributed by atoms with Crippen LogP contribution in [0.2, 0.25) is 0 Å². The van der Waals surface area contributed by atoms with Crippen molar-refractivity contribution in [2.75, 3.05) is 5.32 Å². The van der Waals surface area contributed by atoms with E-state index in [2.05, 4.69) is 36.8 Å². The molecule has 1 aromatic carbocycles. The highest BCUT2D eigenvalue weighted by Gasteiger charge is 2.29. The molecular weight excluding hydrogens is 458 g/mol. The van der Waals surface area contributed by atoms with Gasteiger partial charge in [-0.15, -0.1) is 0 Å². The maximum Gasteiger partial charge on any atom is 0.332 e. The molecule has 0 saturated carbocycles. The normalized spacial score (nSPS) is 15.6. The number of hydrazone groups is 1. The number of imidazole rings is 1. The number of fused-ring (bicyclic) bond motifs is 2. The highest BCUT2D eigenvalue weighted by atomic mass is 79.9. The lowest BCUT2D eigenvalue weighted by Gasteiger charge is -2.08. The van der Waals surface area contributed by atoms with Crippen molar-refractivity contribution in [2.45, 2.75) is 12.5 Å². The van der Waals surface area contributed by atoms with Gasteiger partial charge < -0.3 is 9.88 Å². The number of aryl methyl sites for hydroxylation is 1. The van der Waals surface area contributed by atoms with Crippen LogP contribution in [0.1, 0.15) is 11.5 Å². The van der Waals surface area contributed by atoms with Gasteiger partial charge in [-0.3, -0.25) is 23.5 Å². The fraction of sp³-hybridized carbons (Fsp3) is 0.222. The molecule has 2 amide bonds. The van der Waals surface area contributed by atoms with E-state index in [1.807, 2.05) is 12.1 Å². The molecule has 4 rings (SSSR count). The van der Waals surface area contributed by atoms with Crippen LogP contribution in [0, 0.1) is 0 Å². The van der Waals surface area contributed by atoms with E-state index in [9.17, 15) is 19.2 Å². The second kappa shape index (κ2) is 7.37. The van der Waals surface area contributed by atoms with E-state index in [1.54, 1.807) is 6.07 Å². The molecule has 1 aliphatic rings. The molecule has 30 heavy (non-hydrogen) atoms. The minimum Gasteiger partial charge on any atom is -0.325 e. The molecule has 3 heterocycles. The Morgan fingerprint density at radius 2 is 2.07 bits per heavy atom. The SMILES string of the molecule is Cn1c(=O)c2ncn(CC(=O)N/N=C\[C@@H]3C(=O)Nc4ccc(Br)cc43)c2n(C)c1=O. The highest BCUT2D eigenvalue weighted by Crippen LogP contribution is 2.33. The van der Waals surface area contributed by atoms with Gasteiger partial charge in [0.15, 0.2) is 5.52 Å². The monoisotopic (exact) mass is 473 g/mol. The summed E-state index contributed by atoms with van der Waals surface area (Å²) in [4.78, 5) is 52.8. The summed E-state index contributed by atoms with van der Waals surface area (Å²) in [5.74, 6) is -1.38. The quantitative estimate of drug-likeness (QED) is 0.407. The molecular formula is C18H16BrN7O4. The number of carbonyl (C=O) groups excluding carboxylic acids is 2. The molecule has 0 fully saturated rings. The molecule has 0 aliphatic carbocycles. The summed E-state index contributed by atoms with van der Waals surface area (Å²) in [6.45, 7) is -0.215. The van der Waals surface area contributed by atoms with E-state index in [4.69, 9.17) is 0 Å². The van der Waals surface area contributed by atoms with E-state index >= 15 is 0 Å². The van der Waals surface area contributed by atoms with Crippen molar-refractivity contribution < 1.29 is 9.59 Å². The van der Waals surface area contributed by atoms with Crippen molar-refractivity contribution in [3.63, 3.8) is 0 Å². The number of benzene rings is 1. The lowest BCUT2D eigenvalue weighted by molar-refractivity contribution is -0.121. The summed E-state index contributed by atoms with van der Waals surface area (Å²) in [6.07, 6.45) is 2.66. The molecule has 0 unspecified atom stereocenters. The minimum absolute atomic E-state index is 0.0840. The topological polar surface area (TPSA) is 132 Å². The average molecular weight is 474 g/mol. The number of nitrogens with zero attached hydrogens (tertiary/aromatic N) is 5. The molecule has 0 saturated heterocycles. The predicted molar refractivity (Wildman–Crippen MR) is 112 cm³/mol. The van der Waals surface area contributed by atoms with Gasteiger partial charge in [0.05, 0.1) is 6.33 Å². The van der Waals surface area contributed by atoms with Crippen LogP contribution in [0.15, 0.2) is 43.7 Å². The number of nitrogens with one attached hydrogen (secondary N) is 2. The van der Waals surface area contributed by atoms with Crippen molar-refractivity contribution in [2.24, 2.45) is 19.2 Å². The first kappa shape index (κ1) is 19.8. The number of hydrogen-bond donors (Lipinski definition) is 2. The Hall–Kier alpha value is -3.54. The molecule has 1 aliphatic heterocycles. The Morgan fingerprint density at radius 3 is 2.83 bits per heavy atom. The molecule has 11 nitrogen and oxygen atoms in total. The van der Waals surface area contributed by atoms with Crippen LogP contribution >= 0.6 is 15.9 Å². The fourth-order valence-electron chi connectivity index (χ4n) is 3.33. The lowest BCUT2D eigenvalue weighted by Crippen LogP contribution is -2.37. The lowest BCUT2D eigenvalue weighted by atomic mass is 10.0. The van der Waals surface area contributed by atoms with Crippen LogP contribution < -0.4 is 22.0 Å². The molecule has 12 heteroatoms. The van der Waals surface area contributed by atoms with E-state index < -0.39 is 23.1 Å². The van der Waals surface area contributed by atoms with Gasteiger partial charge in [-0.05, 0) is 23.8 Å². The second-order valence-electron chi connectivity index (χ2n) is 6.76. The maximum atomic E-state index is 12.3. The van der Waals surface area contributed by atoms with Gasteiger partial charge in [0.1, 0.15) is 18.1 Å². The Kier molecular flexibility index (Phi) is 4.86. The van der Waals surface area contributed by atoms with E-state index in [1.165, 1.54) is 35.8 Å². The first-order valence-electron chi connectivity index (χ1n) is 8.81. The zero-order chi connectivity index (χ0) is 21.6. The summed E-state index contributed by atoms with van der Waals surface area (Å²) < 4.78 is 4.41. The summed E-state index contributed by atoms with van der Waals surface area (Å²) >= 11 is 3.37. The molecule has 2 aromatic heterocycles. The van der Waals surface area contributed by atoms with Crippen molar-refractivity contribution in [3.8, 4) is 0 Å². The largest absolute Gasteiger partial charge is 0.332 e. The van der Waals surface area contributed by atoms with Crippen LogP contribution in [0.25, 0.3) is 11.2 Å². The van der Waals surface area contributed by atoms with E-state index in [-0.39, 0.29) is 23.6 Å². The van der Waals surface area contributed by atoms with Crippen molar-refractivity contribution >= 4 is 50.8 Å².